The fourth-order valence-corrected chi connectivity index (χ4v) is 4.26. The number of hydrogen-bond acceptors (Lipinski definition) is 4. The molecule has 0 aromatic heterocycles. The van der Waals surface area contributed by atoms with Crippen LogP contribution < -0.4 is 10.1 Å². The molecular weight excluding hydrogens is 286 g/mol. The van der Waals surface area contributed by atoms with Gasteiger partial charge in [-0.1, -0.05) is 19.1 Å². The van der Waals surface area contributed by atoms with Crippen molar-refractivity contribution < 1.29 is 13.2 Å². The van der Waals surface area contributed by atoms with Crippen molar-refractivity contribution in [3.8, 4) is 5.75 Å². The fourth-order valence-electron chi connectivity index (χ4n) is 2.59. The first-order valence-corrected chi connectivity index (χ1v) is 9.48. The Morgan fingerprint density at radius 2 is 2.19 bits per heavy atom. The Kier molecular flexibility index (Phi) is 5.65. The zero-order chi connectivity index (χ0) is 15.3. The van der Waals surface area contributed by atoms with Crippen molar-refractivity contribution in [2.45, 2.75) is 45.7 Å². The lowest BCUT2D eigenvalue weighted by molar-refractivity contribution is 0.312. The molecule has 2 rings (SSSR count). The van der Waals surface area contributed by atoms with Crippen molar-refractivity contribution in [2.75, 3.05) is 18.1 Å². The van der Waals surface area contributed by atoms with Gasteiger partial charge in [0.15, 0.2) is 9.84 Å². The summed E-state index contributed by atoms with van der Waals surface area (Å²) in [6.07, 6.45) is 2.66. The number of sulfone groups is 1. The van der Waals surface area contributed by atoms with Gasteiger partial charge in [-0.15, -0.1) is 0 Å². The zero-order valence-corrected chi connectivity index (χ0v) is 13.7. The zero-order valence-electron chi connectivity index (χ0n) is 12.9. The minimum Gasteiger partial charge on any atom is -0.493 e. The van der Waals surface area contributed by atoms with Gasteiger partial charge in [0.25, 0.3) is 0 Å². The van der Waals surface area contributed by atoms with Crippen LogP contribution in [0.15, 0.2) is 18.2 Å². The molecule has 0 aliphatic carbocycles. The molecule has 0 saturated carbocycles. The largest absolute Gasteiger partial charge is 0.493 e. The third kappa shape index (κ3) is 5.00. The number of aryl methyl sites for hydroxylation is 1. The number of hydrogen-bond donors (Lipinski definition) is 1. The molecule has 1 heterocycles. The van der Waals surface area contributed by atoms with E-state index in [0.717, 1.165) is 30.6 Å². The minimum atomic E-state index is -2.86. The molecule has 1 aliphatic heterocycles. The van der Waals surface area contributed by atoms with Crippen LogP contribution in [0.1, 0.15) is 37.3 Å². The predicted molar refractivity (Wildman–Crippen MR) is 85.5 cm³/mol. The van der Waals surface area contributed by atoms with Crippen LogP contribution in [0.2, 0.25) is 0 Å². The molecule has 4 nitrogen and oxygen atoms in total. The van der Waals surface area contributed by atoms with Crippen LogP contribution in [0.5, 0.6) is 5.75 Å². The summed E-state index contributed by atoms with van der Waals surface area (Å²) in [5.74, 6) is 1.49. The second-order valence-electron chi connectivity index (χ2n) is 5.79. The Morgan fingerprint density at radius 1 is 1.38 bits per heavy atom. The van der Waals surface area contributed by atoms with E-state index in [-0.39, 0.29) is 11.8 Å². The number of nitrogens with one attached hydrogen (secondary N) is 1. The van der Waals surface area contributed by atoms with Crippen LogP contribution in [0.25, 0.3) is 0 Å². The Hall–Kier alpha value is -1.07. The first-order chi connectivity index (χ1) is 10.00. The number of rotatable bonds is 6. The van der Waals surface area contributed by atoms with Crippen molar-refractivity contribution in [2.24, 2.45) is 0 Å². The highest BCUT2D eigenvalue weighted by Gasteiger charge is 2.24. The SMILES string of the molecule is CCCOc1cc(C)ccc1CNC1CCCS(=O)(=O)C1. The normalized spacial score (nSPS) is 21.1. The van der Waals surface area contributed by atoms with Gasteiger partial charge in [-0.25, -0.2) is 8.42 Å². The highest BCUT2D eigenvalue weighted by atomic mass is 32.2. The van der Waals surface area contributed by atoms with Crippen LogP contribution in [0, 0.1) is 6.92 Å². The molecule has 5 heteroatoms. The summed E-state index contributed by atoms with van der Waals surface area (Å²) >= 11 is 0. The molecule has 0 bridgehead atoms. The molecule has 1 saturated heterocycles. The van der Waals surface area contributed by atoms with Crippen molar-refractivity contribution >= 4 is 9.84 Å². The van der Waals surface area contributed by atoms with Crippen LogP contribution in [-0.4, -0.2) is 32.6 Å². The van der Waals surface area contributed by atoms with Crippen molar-refractivity contribution in [1.29, 1.82) is 0 Å². The maximum Gasteiger partial charge on any atom is 0.151 e. The Labute approximate surface area is 127 Å². The van der Waals surface area contributed by atoms with Crippen LogP contribution in [-0.2, 0) is 16.4 Å². The first-order valence-electron chi connectivity index (χ1n) is 7.66. The highest BCUT2D eigenvalue weighted by molar-refractivity contribution is 7.91. The van der Waals surface area contributed by atoms with E-state index in [1.54, 1.807) is 0 Å². The van der Waals surface area contributed by atoms with Gasteiger partial charge in [-0.2, -0.15) is 0 Å². The molecule has 0 spiro atoms. The summed E-state index contributed by atoms with van der Waals surface area (Å²) in [4.78, 5) is 0. The van der Waals surface area contributed by atoms with E-state index in [0.29, 0.717) is 18.9 Å². The molecule has 118 valence electrons. The van der Waals surface area contributed by atoms with Crippen LogP contribution >= 0.6 is 0 Å². The fraction of sp³-hybridized carbons (Fsp3) is 0.625. The van der Waals surface area contributed by atoms with Gasteiger partial charge in [0.05, 0.1) is 18.1 Å². The van der Waals surface area contributed by atoms with Crippen molar-refractivity contribution in [1.82, 2.24) is 5.32 Å². The summed E-state index contributed by atoms with van der Waals surface area (Å²) in [6, 6.07) is 6.23. The van der Waals surface area contributed by atoms with Crippen LogP contribution in [0.4, 0.5) is 0 Å². The Morgan fingerprint density at radius 3 is 2.90 bits per heavy atom. The molecule has 21 heavy (non-hydrogen) atoms. The molecule has 1 N–H and O–H groups in total. The van der Waals surface area contributed by atoms with Gasteiger partial charge in [0.2, 0.25) is 0 Å². The molecule has 1 aliphatic rings. The minimum absolute atomic E-state index is 0.0593. The average Bonchev–Trinajstić information content (AvgIpc) is 2.43. The van der Waals surface area contributed by atoms with E-state index in [1.807, 2.05) is 13.0 Å². The lowest BCUT2D eigenvalue weighted by Gasteiger charge is -2.23. The van der Waals surface area contributed by atoms with E-state index in [4.69, 9.17) is 4.74 Å². The summed E-state index contributed by atoms with van der Waals surface area (Å²) in [5, 5.41) is 3.37. The molecule has 0 radical (unpaired) electrons. The maximum atomic E-state index is 11.7. The molecule has 1 atom stereocenters. The highest BCUT2D eigenvalue weighted by Crippen LogP contribution is 2.21. The van der Waals surface area contributed by atoms with Crippen molar-refractivity contribution in [3.63, 3.8) is 0 Å². The Bertz CT molecular complexity index is 569. The third-order valence-electron chi connectivity index (χ3n) is 3.73. The molecule has 1 aromatic rings. The van der Waals surface area contributed by atoms with E-state index < -0.39 is 9.84 Å². The van der Waals surface area contributed by atoms with Gasteiger partial charge in [0, 0.05) is 18.2 Å². The second-order valence-corrected chi connectivity index (χ2v) is 8.02. The molecule has 0 amide bonds. The van der Waals surface area contributed by atoms with Gasteiger partial charge in [0.1, 0.15) is 5.75 Å². The monoisotopic (exact) mass is 311 g/mol. The van der Waals surface area contributed by atoms with E-state index in [9.17, 15) is 8.42 Å². The summed E-state index contributed by atoms with van der Waals surface area (Å²) in [5.41, 5.74) is 2.27. The maximum absolute atomic E-state index is 11.7. The number of benzene rings is 1. The summed E-state index contributed by atoms with van der Waals surface area (Å²) in [6.45, 7) is 5.48. The quantitative estimate of drug-likeness (QED) is 0.877. The summed E-state index contributed by atoms with van der Waals surface area (Å²) < 4.78 is 29.1. The average molecular weight is 311 g/mol. The molecule has 1 aromatic carbocycles. The topological polar surface area (TPSA) is 55.4 Å². The molecular formula is C16H25NO3S. The van der Waals surface area contributed by atoms with E-state index in [1.165, 1.54) is 5.56 Å². The lowest BCUT2D eigenvalue weighted by Crippen LogP contribution is -2.39. The summed E-state index contributed by atoms with van der Waals surface area (Å²) in [7, 11) is -2.86. The van der Waals surface area contributed by atoms with E-state index >= 15 is 0 Å². The second kappa shape index (κ2) is 7.27. The van der Waals surface area contributed by atoms with Crippen molar-refractivity contribution in [3.05, 3.63) is 29.3 Å². The van der Waals surface area contributed by atoms with Gasteiger partial charge in [-0.05, 0) is 37.8 Å². The van der Waals surface area contributed by atoms with Gasteiger partial charge in [-0.3, -0.25) is 0 Å². The molecule has 1 unspecified atom stereocenters. The third-order valence-corrected chi connectivity index (χ3v) is 5.55. The molecule has 1 fully saturated rings. The standard InChI is InChI=1S/C16H25NO3S/c1-3-8-20-16-10-13(2)6-7-14(16)11-17-15-5-4-9-21(18,19)12-15/h6-7,10,15,17H,3-5,8-9,11-12H2,1-2H3. The smallest absolute Gasteiger partial charge is 0.151 e. The first kappa shape index (κ1) is 16.3. The Balaban J connectivity index is 1.99. The number of ether oxygens (including phenoxy) is 1. The van der Waals surface area contributed by atoms with Gasteiger partial charge >= 0.3 is 0 Å². The van der Waals surface area contributed by atoms with Gasteiger partial charge < -0.3 is 10.1 Å². The van der Waals surface area contributed by atoms with E-state index in [2.05, 4.69) is 24.4 Å². The van der Waals surface area contributed by atoms with Crippen LogP contribution in [0.3, 0.4) is 0 Å². The predicted octanol–water partition coefficient (Wildman–Crippen LogP) is 2.45. The lowest BCUT2D eigenvalue weighted by atomic mass is 10.1.